The van der Waals surface area contributed by atoms with Crippen molar-refractivity contribution in [1.82, 2.24) is 4.90 Å². The molecular formula is C17H27ClN2O. The Labute approximate surface area is 133 Å². The topological polar surface area (TPSA) is 38.5 Å². The van der Waals surface area contributed by atoms with Gasteiger partial charge in [0, 0.05) is 18.6 Å². The fraction of sp³-hybridized carbons (Fsp3) is 0.647. The van der Waals surface area contributed by atoms with E-state index in [-0.39, 0.29) is 6.04 Å². The van der Waals surface area contributed by atoms with Crippen LogP contribution in [0.25, 0.3) is 0 Å². The number of rotatable bonds is 5. The van der Waals surface area contributed by atoms with Crippen LogP contribution in [0.2, 0.25) is 5.02 Å². The second kappa shape index (κ2) is 8.02. The number of benzene rings is 1. The van der Waals surface area contributed by atoms with E-state index in [1.165, 1.54) is 37.7 Å². The minimum Gasteiger partial charge on any atom is -0.495 e. The molecule has 0 radical (unpaired) electrons. The maximum Gasteiger partial charge on any atom is 0.137 e. The molecule has 1 aromatic carbocycles. The molecule has 3 nitrogen and oxygen atoms in total. The monoisotopic (exact) mass is 310 g/mol. The van der Waals surface area contributed by atoms with E-state index in [0.717, 1.165) is 12.3 Å². The van der Waals surface area contributed by atoms with Gasteiger partial charge in [0.2, 0.25) is 0 Å². The average molecular weight is 311 g/mol. The highest BCUT2D eigenvalue weighted by atomic mass is 35.5. The van der Waals surface area contributed by atoms with E-state index in [0.29, 0.717) is 17.6 Å². The smallest absolute Gasteiger partial charge is 0.137 e. The van der Waals surface area contributed by atoms with Crippen LogP contribution in [0, 0.1) is 0 Å². The van der Waals surface area contributed by atoms with Gasteiger partial charge in [0.1, 0.15) is 5.75 Å². The second-order valence-corrected chi connectivity index (χ2v) is 6.20. The summed E-state index contributed by atoms with van der Waals surface area (Å²) in [4.78, 5) is 2.59. The standard InChI is InChI=1S/C17H27ClN2O/c1-3-14-7-5-4-6-10-20(14)16(12-19)13-8-9-17(21-2)15(18)11-13/h8-9,11,14,16H,3-7,10,12,19H2,1-2H3. The summed E-state index contributed by atoms with van der Waals surface area (Å²) in [7, 11) is 1.64. The first-order chi connectivity index (χ1) is 10.2. The largest absolute Gasteiger partial charge is 0.495 e. The Balaban J connectivity index is 2.26. The first-order valence-electron chi connectivity index (χ1n) is 8.00. The highest BCUT2D eigenvalue weighted by molar-refractivity contribution is 6.32. The molecule has 0 aliphatic carbocycles. The predicted octanol–water partition coefficient (Wildman–Crippen LogP) is 4.00. The third-order valence-electron chi connectivity index (χ3n) is 4.58. The highest BCUT2D eigenvalue weighted by Crippen LogP contribution is 2.33. The van der Waals surface area contributed by atoms with Crippen LogP contribution in [0.1, 0.15) is 50.6 Å². The second-order valence-electron chi connectivity index (χ2n) is 5.79. The summed E-state index contributed by atoms with van der Waals surface area (Å²) in [5, 5.41) is 0.663. The summed E-state index contributed by atoms with van der Waals surface area (Å²) in [6, 6.07) is 6.92. The molecule has 0 amide bonds. The minimum atomic E-state index is 0.247. The van der Waals surface area contributed by atoms with Crippen LogP contribution in [0.5, 0.6) is 5.75 Å². The zero-order valence-electron chi connectivity index (χ0n) is 13.1. The average Bonchev–Trinajstić information content (AvgIpc) is 2.74. The number of halogens is 1. The van der Waals surface area contributed by atoms with E-state index in [2.05, 4.69) is 17.9 Å². The quantitative estimate of drug-likeness (QED) is 0.893. The van der Waals surface area contributed by atoms with Crippen LogP contribution >= 0.6 is 11.6 Å². The Morgan fingerprint density at radius 1 is 1.38 bits per heavy atom. The zero-order chi connectivity index (χ0) is 15.2. The van der Waals surface area contributed by atoms with E-state index in [1.54, 1.807) is 7.11 Å². The number of nitrogens with two attached hydrogens (primary N) is 1. The summed E-state index contributed by atoms with van der Waals surface area (Å²) in [5.41, 5.74) is 7.31. The molecule has 1 aliphatic heterocycles. The van der Waals surface area contributed by atoms with Gasteiger partial charge in [0.15, 0.2) is 0 Å². The Morgan fingerprint density at radius 2 is 2.19 bits per heavy atom. The number of ether oxygens (including phenoxy) is 1. The molecule has 1 aliphatic rings. The van der Waals surface area contributed by atoms with Gasteiger partial charge in [-0.1, -0.05) is 37.4 Å². The van der Waals surface area contributed by atoms with Gasteiger partial charge in [-0.3, -0.25) is 4.90 Å². The van der Waals surface area contributed by atoms with Crippen LogP contribution < -0.4 is 10.5 Å². The number of hydrogen-bond donors (Lipinski definition) is 1. The van der Waals surface area contributed by atoms with Gasteiger partial charge in [-0.2, -0.15) is 0 Å². The van der Waals surface area contributed by atoms with Gasteiger partial charge >= 0.3 is 0 Å². The van der Waals surface area contributed by atoms with Gasteiger partial charge in [-0.15, -0.1) is 0 Å². The van der Waals surface area contributed by atoms with Crippen molar-refractivity contribution >= 4 is 11.6 Å². The lowest BCUT2D eigenvalue weighted by molar-refractivity contribution is 0.136. The van der Waals surface area contributed by atoms with E-state index in [9.17, 15) is 0 Å². The van der Waals surface area contributed by atoms with Crippen molar-refractivity contribution in [3.63, 3.8) is 0 Å². The van der Waals surface area contributed by atoms with Crippen LogP contribution in [-0.2, 0) is 0 Å². The third-order valence-corrected chi connectivity index (χ3v) is 4.87. The molecule has 1 aromatic rings. The lowest BCUT2D eigenvalue weighted by Gasteiger charge is -2.36. The molecule has 0 saturated carbocycles. The molecule has 118 valence electrons. The van der Waals surface area contributed by atoms with Crippen molar-refractivity contribution in [3.8, 4) is 5.75 Å². The number of likely N-dealkylation sites (tertiary alicyclic amines) is 1. The summed E-state index contributed by atoms with van der Waals surface area (Å²) >= 11 is 6.29. The lowest BCUT2D eigenvalue weighted by Crippen LogP contribution is -2.41. The van der Waals surface area contributed by atoms with E-state index in [1.807, 2.05) is 12.1 Å². The van der Waals surface area contributed by atoms with Gasteiger partial charge in [-0.05, 0) is 43.5 Å². The Kier molecular flexibility index (Phi) is 6.34. The van der Waals surface area contributed by atoms with Crippen molar-refractivity contribution in [1.29, 1.82) is 0 Å². The zero-order valence-corrected chi connectivity index (χ0v) is 13.9. The molecular weight excluding hydrogens is 284 g/mol. The van der Waals surface area contributed by atoms with Crippen molar-refractivity contribution < 1.29 is 4.74 Å². The minimum absolute atomic E-state index is 0.247. The van der Waals surface area contributed by atoms with Crippen LogP contribution in [0.15, 0.2) is 18.2 Å². The van der Waals surface area contributed by atoms with Crippen molar-refractivity contribution in [2.45, 2.75) is 51.1 Å². The maximum atomic E-state index is 6.29. The molecule has 21 heavy (non-hydrogen) atoms. The fourth-order valence-corrected chi connectivity index (χ4v) is 3.67. The van der Waals surface area contributed by atoms with Gasteiger partial charge < -0.3 is 10.5 Å². The third kappa shape index (κ3) is 3.91. The maximum absolute atomic E-state index is 6.29. The summed E-state index contributed by atoms with van der Waals surface area (Å²) in [6.45, 7) is 4.03. The highest BCUT2D eigenvalue weighted by Gasteiger charge is 2.27. The number of nitrogens with zero attached hydrogens (tertiary/aromatic N) is 1. The van der Waals surface area contributed by atoms with Crippen LogP contribution in [-0.4, -0.2) is 31.1 Å². The normalized spacial score (nSPS) is 21.8. The molecule has 2 N–H and O–H groups in total. The molecule has 2 unspecified atom stereocenters. The lowest BCUT2D eigenvalue weighted by atomic mass is 10.0. The molecule has 0 bridgehead atoms. The Hall–Kier alpha value is -0.770. The predicted molar refractivity (Wildman–Crippen MR) is 89.1 cm³/mol. The summed E-state index contributed by atoms with van der Waals surface area (Å²) < 4.78 is 5.24. The first-order valence-corrected chi connectivity index (χ1v) is 8.38. The number of methoxy groups -OCH3 is 1. The molecule has 1 saturated heterocycles. The Bertz CT molecular complexity index is 452. The van der Waals surface area contributed by atoms with Gasteiger partial charge in [-0.25, -0.2) is 0 Å². The summed E-state index contributed by atoms with van der Waals surface area (Å²) in [5.74, 6) is 0.721. The van der Waals surface area contributed by atoms with Crippen molar-refractivity contribution in [2.24, 2.45) is 5.73 Å². The molecule has 4 heteroatoms. The molecule has 0 aromatic heterocycles. The number of hydrogen-bond acceptors (Lipinski definition) is 3. The van der Waals surface area contributed by atoms with Gasteiger partial charge in [0.05, 0.1) is 12.1 Å². The van der Waals surface area contributed by atoms with E-state index < -0.39 is 0 Å². The SMILES string of the molecule is CCC1CCCCCN1C(CN)c1ccc(OC)c(Cl)c1. The van der Waals surface area contributed by atoms with E-state index in [4.69, 9.17) is 22.1 Å². The van der Waals surface area contributed by atoms with Crippen molar-refractivity contribution in [3.05, 3.63) is 28.8 Å². The molecule has 1 fully saturated rings. The fourth-order valence-electron chi connectivity index (χ4n) is 3.40. The van der Waals surface area contributed by atoms with E-state index >= 15 is 0 Å². The Morgan fingerprint density at radius 3 is 2.81 bits per heavy atom. The molecule has 1 heterocycles. The van der Waals surface area contributed by atoms with Crippen molar-refractivity contribution in [2.75, 3.05) is 20.2 Å². The van der Waals surface area contributed by atoms with Gasteiger partial charge in [0.25, 0.3) is 0 Å². The summed E-state index contributed by atoms with van der Waals surface area (Å²) in [6.07, 6.45) is 6.37. The van der Waals surface area contributed by atoms with Crippen LogP contribution in [0.3, 0.4) is 0 Å². The molecule has 0 spiro atoms. The van der Waals surface area contributed by atoms with Crippen LogP contribution in [0.4, 0.5) is 0 Å². The first kappa shape index (κ1) is 16.6. The molecule has 2 atom stereocenters. The molecule has 2 rings (SSSR count).